The Kier molecular flexibility index (Phi) is 8.07. The van der Waals surface area contributed by atoms with Gasteiger partial charge in [-0.3, -0.25) is 4.79 Å². The molecule has 8 nitrogen and oxygen atoms in total. The van der Waals surface area contributed by atoms with E-state index in [2.05, 4.69) is 22.9 Å². The SMILES string of the molecule is C[C@H]1CCCC[C@@H]1NC(=O)c1ccc(S(=O)(=O)N2CCC(NC(=O)Nc3ccccc3)CC2)cc1. The number of nitrogens with zero attached hydrogens (tertiary/aromatic N) is 1. The zero-order chi connectivity index (χ0) is 24.8. The van der Waals surface area contributed by atoms with Gasteiger partial charge in [0.1, 0.15) is 0 Å². The molecular formula is C26H34N4O4S. The summed E-state index contributed by atoms with van der Waals surface area (Å²) in [7, 11) is -3.67. The maximum absolute atomic E-state index is 13.1. The molecule has 0 unspecified atom stereocenters. The monoisotopic (exact) mass is 498 g/mol. The van der Waals surface area contributed by atoms with Gasteiger partial charge < -0.3 is 16.0 Å². The second-order valence-corrected chi connectivity index (χ2v) is 11.4. The van der Waals surface area contributed by atoms with Gasteiger partial charge in [0.25, 0.3) is 5.91 Å². The van der Waals surface area contributed by atoms with E-state index in [1.54, 1.807) is 24.3 Å². The van der Waals surface area contributed by atoms with E-state index in [1.165, 1.54) is 22.9 Å². The van der Waals surface area contributed by atoms with Crippen LogP contribution in [0.3, 0.4) is 0 Å². The van der Waals surface area contributed by atoms with Crippen LogP contribution in [0.25, 0.3) is 0 Å². The molecule has 0 aromatic heterocycles. The van der Waals surface area contributed by atoms with Crippen LogP contribution < -0.4 is 16.0 Å². The number of carbonyl (C=O) groups excluding carboxylic acids is 2. The second kappa shape index (κ2) is 11.2. The molecule has 4 rings (SSSR count). The third-order valence-electron chi connectivity index (χ3n) is 7.00. The van der Waals surface area contributed by atoms with Crippen molar-refractivity contribution in [3.8, 4) is 0 Å². The summed E-state index contributed by atoms with van der Waals surface area (Å²) in [5.41, 5.74) is 1.17. The lowest BCUT2D eigenvalue weighted by Crippen LogP contribution is -2.47. The summed E-state index contributed by atoms with van der Waals surface area (Å²) < 4.78 is 27.7. The smallest absolute Gasteiger partial charge is 0.319 e. The maximum atomic E-state index is 13.1. The van der Waals surface area contributed by atoms with Crippen LogP contribution in [0.5, 0.6) is 0 Å². The van der Waals surface area contributed by atoms with E-state index < -0.39 is 10.0 Å². The van der Waals surface area contributed by atoms with Crippen LogP contribution in [0.4, 0.5) is 10.5 Å². The largest absolute Gasteiger partial charge is 0.349 e. The number of nitrogens with one attached hydrogen (secondary N) is 3. The van der Waals surface area contributed by atoms with Gasteiger partial charge in [0.2, 0.25) is 10.0 Å². The predicted molar refractivity (Wildman–Crippen MR) is 136 cm³/mol. The van der Waals surface area contributed by atoms with E-state index in [4.69, 9.17) is 0 Å². The molecule has 2 fully saturated rings. The van der Waals surface area contributed by atoms with Crippen LogP contribution in [0.1, 0.15) is 55.8 Å². The lowest BCUT2D eigenvalue weighted by atomic mass is 9.86. The zero-order valence-electron chi connectivity index (χ0n) is 20.1. The van der Waals surface area contributed by atoms with E-state index in [1.807, 2.05) is 18.2 Å². The highest BCUT2D eigenvalue weighted by atomic mass is 32.2. The van der Waals surface area contributed by atoms with Crippen LogP contribution in [-0.2, 0) is 10.0 Å². The lowest BCUT2D eigenvalue weighted by Gasteiger charge is -2.31. The molecule has 1 heterocycles. The Morgan fingerprint density at radius 2 is 1.51 bits per heavy atom. The second-order valence-electron chi connectivity index (χ2n) is 9.51. The third kappa shape index (κ3) is 6.41. The molecule has 35 heavy (non-hydrogen) atoms. The van der Waals surface area contributed by atoms with Gasteiger partial charge in [-0.15, -0.1) is 0 Å². The van der Waals surface area contributed by atoms with E-state index in [0.717, 1.165) is 19.3 Å². The molecule has 1 aliphatic carbocycles. The van der Waals surface area contributed by atoms with Crippen molar-refractivity contribution >= 4 is 27.6 Å². The predicted octanol–water partition coefficient (Wildman–Crippen LogP) is 3.97. The van der Waals surface area contributed by atoms with E-state index in [0.29, 0.717) is 43.1 Å². The number of hydrogen-bond acceptors (Lipinski definition) is 4. The first-order valence-electron chi connectivity index (χ1n) is 12.4. The van der Waals surface area contributed by atoms with Crippen molar-refractivity contribution in [2.45, 2.75) is 62.4 Å². The number of hydrogen-bond donors (Lipinski definition) is 3. The Hall–Kier alpha value is -2.91. The lowest BCUT2D eigenvalue weighted by molar-refractivity contribution is 0.0910. The standard InChI is InChI=1S/C26H34N4O4S/c1-19-7-5-6-10-24(19)29-25(31)20-11-13-23(14-12-20)35(33,34)30-17-15-22(16-18-30)28-26(32)27-21-8-3-2-4-9-21/h2-4,8-9,11-14,19,22,24H,5-7,10,15-18H2,1H3,(H,29,31)(H2,27,28,32)/t19-,24-/m0/s1. The van der Waals surface area contributed by atoms with Crippen LogP contribution >= 0.6 is 0 Å². The third-order valence-corrected chi connectivity index (χ3v) is 8.92. The Bertz CT molecular complexity index is 1110. The molecule has 3 amide bonds. The maximum Gasteiger partial charge on any atom is 0.319 e. The number of piperidine rings is 1. The number of urea groups is 1. The Morgan fingerprint density at radius 3 is 2.17 bits per heavy atom. The number of amides is 3. The van der Waals surface area contributed by atoms with Crippen LogP contribution in [-0.4, -0.2) is 49.8 Å². The number of carbonyl (C=O) groups is 2. The number of anilines is 1. The number of rotatable bonds is 6. The summed E-state index contributed by atoms with van der Waals surface area (Å²) in [4.78, 5) is 25.0. The van der Waals surface area contributed by atoms with Gasteiger partial charge in [-0.2, -0.15) is 4.31 Å². The van der Waals surface area contributed by atoms with Gasteiger partial charge in [0, 0.05) is 36.4 Å². The molecular weight excluding hydrogens is 464 g/mol. The highest BCUT2D eigenvalue weighted by molar-refractivity contribution is 7.89. The summed E-state index contributed by atoms with van der Waals surface area (Å²) in [6, 6.07) is 15.1. The molecule has 2 aromatic rings. The number of sulfonamides is 1. The van der Waals surface area contributed by atoms with Crippen LogP contribution in [0, 0.1) is 5.92 Å². The Morgan fingerprint density at radius 1 is 0.857 bits per heavy atom. The zero-order valence-corrected chi connectivity index (χ0v) is 20.9. The van der Waals surface area contributed by atoms with Crippen molar-refractivity contribution in [3.05, 3.63) is 60.2 Å². The van der Waals surface area contributed by atoms with Crippen molar-refractivity contribution in [2.24, 2.45) is 5.92 Å². The van der Waals surface area contributed by atoms with Gasteiger partial charge in [-0.1, -0.05) is 38.0 Å². The average molecular weight is 499 g/mol. The van der Waals surface area contributed by atoms with Crippen LogP contribution in [0.2, 0.25) is 0 Å². The fourth-order valence-corrected chi connectivity index (χ4v) is 6.29. The minimum Gasteiger partial charge on any atom is -0.349 e. The van der Waals surface area contributed by atoms with Crippen molar-refractivity contribution in [1.29, 1.82) is 0 Å². The minimum absolute atomic E-state index is 0.0987. The van der Waals surface area contributed by atoms with Gasteiger partial charge >= 0.3 is 6.03 Å². The Labute approximate surface area is 207 Å². The first-order chi connectivity index (χ1) is 16.8. The Balaban J connectivity index is 1.29. The number of benzene rings is 2. The van der Waals surface area contributed by atoms with Gasteiger partial charge in [-0.05, 0) is 68.0 Å². The van der Waals surface area contributed by atoms with Crippen molar-refractivity contribution in [3.63, 3.8) is 0 Å². The van der Waals surface area contributed by atoms with E-state index >= 15 is 0 Å². The summed E-state index contributed by atoms with van der Waals surface area (Å²) in [6.07, 6.45) is 5.48. The first-order valence-corrected chi connectivity index (χ1v) is 13.8. The minimum atomic E-state index is -3.67. The van der Waals surface area contributed by atoms with E-state index in [-0.39, 0.29) is 28.9 Å². The molecule has 1 saturated carbocycles. The fraction of sp³-hybridized carbons (Fsp3) is 0.462. The van der Waals surface area contributed by atoms with Gasteiger partial charge in [-0.25, -0.2) is 13.2 Å². The number of para-hydroxylation sites is 1. The van der Waals surface area contributed by atoms with Gasteiger partial charge in [0.15, 0.2) is 0 Å². The molecule has 9 heteroatoms. The molecule has 1 aliphatic heterocycles. The molecule has 0 radical (unpaired) electrons. The topological polar surface area (TPSA) is 108 Å². The molecule has 2 aliphatic rings. The summed E-state index contributed by atoms with van der Waals surface area (Å²) in [5.74, 6) is 0.294. The first kappa shape index (κ1) is 25.2. The van der Waals surface area contributed by atoms with Gasteiger partial charge in [0.05, 0.1) is 4.90 Å². The highest BCUT2D eigenvalue weighted by Crippen LogP contribution is 2.25. The van der Waals surface area contributed by atoms with Crippen molar-refractivity contribution in [1.82, 2.24) is 14.9 Å². The quantitative estimate of drug-likeness (QED) is 0.560. The molecule has 3 N–H and O–H groups in total. The van der Waals surface area contributed by atoms with E-state index in [9.17, 15) is 18.0 Å². The summed E-state index contributed by atoms with van der Waals surface area (Å²) >= 11 is 0. The molecule has 0 spiro atoms. The van der Waals surface area contributed by atoms with Crippen molar-refractivity contribution < 1.29 is 18.0 Å². The molecule has 188 valence electrons. The highest BCUT2D eigenvalue weighted by Gasteiger charge is 2.30. The molecule has 2 atom stereocenters. The summed E-state index contributed by atoms with van der Waals surface area (Å²) in [5, 5.41) is 8.81. The fourth-order valence-electron chi connectivity index (χ4n) is 4.82. The molecule has 2 aromatic carbocycles. The summed E-state index contributed by atoms with van der Waals surface area (Å²) in [6.45, 7) is 2.80. The molecule has 0 bridgehead atoms. The normalized spacial score (nSPS) is 21.7. The van der Waals surface area contributed by atoms with Crippen molar-refractivity contribution in [2.75, 3.05) is 18.4 Å². The average Bonchev–Trinajstić information content (AvgIpc) is 2.86. The van der Waals surface area contributed by atoms with Crippen LogP contribution in [0.15, 0.2) is 59.5 Å². The molecule has 1 saturated heterocycles.